The van der Waals surface area contributed by atoms with E-state index in [0.29, 0.717) is 23.8 Å². The van der Waals surface area contributed by atoms with E-state index in [4.69, 9.17) is 5.73 Å². The molecule has 0 radical (unpaired) electrons. The van der Waals surface area contributed by atoms with Gasteiger partial charge in [-0.3, -0.25) is 4.79 Å². The first-order valence-corrected chi connectivity index (χ1v) is 8.44. The molecule has 3 heteroatoms. The van der Waals surface area contributed by atoms with Gasteiger partial charge in [0.1, 0.15) is 0 Å². The van der Waals surface area contributed by atoms with Gasteiger partial charge in [0.25, 0.3) is 0 Å². The van der Waals surface area contributed by atoms with Crippen molar-refractivity contribution in [3.05, 3.63) is 0 Å². The first-order chi connectivity index (χ1) is 9.38. The summed E-state index contributed by atoms with van der Waals surface area (Å²) in [6.07, 6.45) is 5.45. The summed E-state index contributed by atoms with van der Waals surface area (Å²) in [5, 5.41) is 0. The molecule has 1 aliphatic rings. The minimum atomic E-state index is 0.130. The highest BCUT2D eigenvalue weighted by atomic mass is 16.2. The van der Waals surface area contributed by atoms with E-state index in [2.05, 4.69) is 39.5 Å². The van der Waals surface area contributed by atoms with Crippen molar-refractivity contribution in [2.75, 3.05) is 6.54 Å². The van der Waals surface area contributed by atoms with Crippen LogP contribution < -0.4 is 5.73 Å². The predicted molar refractivity (Wildman–Crippen MR) is 85.4 cm³/mol. The molecule has 0 aliphatic heterocycles. The van der Waals surface area contributed by atoms with Gasteiger partial charge < -0.3 is 10.6 Å². The number of hydrogen-bond acceptors (Lipinski definition) is 2. The van der Waals surface area contributed by atoms with E-state index < -0.39 is 0 Å². The number of nitrogens with zero attached hydrogens (tertiary/aromatic N) is 1. The minimum Gasteiger partial charge on any atom is -0.340 e. The van der Waals surface area contributed by atoms with Crippen molar-refractivity contribution >= 4 is 5.91 Å². The van der Waals surface area contributed by atoms with Gasteiger partial charge in [0, 0.05) is 24.5 Å². The summed E-state index contributed by atoms with van der Waals surface area (Å²) in [7, 11) is 0. The number of amides is 1. The monoisotopic (exact) mass is 282 g/mol. The van der Waals surface area contributed by atoms with E-state index in [9.17, 15) is 4.79 Å². The highest BCUT2D eigenvalue weighted by molar-refractivity contribution is 5.79. The van der Waals surface area contributed by atoms with E-state index >= 15 is 0 Å². The van der Waals surface area contributed by atoms with Gasteiger partial charge in [-0.2, -0.15) is 0 Å². The molecule has 0 aromatic heterocycles. The molecular weight excluding hydrogens is 248 g/mol. The van der Waals surface area contributed by atoms with Crippen molar-refractivity contribution in [1.29, 1.82) is 0 Å². The molecule has 1 rings (SSSR count). The van der Waals surface area contributed by atoms with Crippen LogP contribution >= 0.6 is 0 Å². The second kappa shape index (κ2) is 8.02. The SMILES string of the molecule is CCCCCN(C(=O)C1CC(N)C(C)CC1C)C(C)C. The molecule has 4 atom stereocenters. The molecule has 1 saturated carbocycles. The zero-order valence-corrected chi connectivity index (χ0v) is 14.1. The average molecular weight is 282 g/mol. The van der Waals surface area contributed by atoms with Gasteiger partial charge >= 0.3 is 0 Å². The van der Waals surface area contributed by atoms with Gasteiger partial charge in [0.2, 0.25) is 5.91 Å². The molecule has 0 bridgehead atoms. The Bertz CT molecular complexity index is 303. The minimum absolute atomic E-state index is 0.130. The van der Waals surface area contributed by atoms with E-state index in [1.54, 1.807) is 0 Å². The molecule has 0 saturated heterocycles. The molecule has 20 heavy (non-hydrogen) atoms. The first kappa shape index (κ1) is 17.5. The lowest BCUT2D eigenvalue weighted by Gasteiger charge is -2.39. The topological polar surface area (TPSA) is 46.3 Å². The Morgan fingerprint density at radius 3 is 2.40 bits per heavy atom. The molecule has 0 aromatic rings. The van der Waals surface area contributed by atoms with Crippen molar-refractivity contribution < 1.29 is 4.79 Å². The summed E-state index contributed by atoms with van der Waals surface area (Å²) in [4.78, 5) is 14.9. The van der Waals surface area contributed by atoms with Gasteiger partial charge in [-0.1, -0.05) is 33.6 Å². The number of unbranched alkanes of at least 4 members (excludes halogenated alkanes) is 2. The molecule has 0 spiro atoms. The second-order valence-corrected chi connectivity index (χ2v) is 7.03. The largest absolute Gasteiger partial charge is 0.340 e. The summed E-state index contributed by atoms with van der Waals surface area (Å²) < 4.78 is 0. The summed E-state index contributed by atoms with van der Waals surface area (Å²) >= 11 is 0. The maximum Gasteiger partial charge on any atom is 0.226 e. The third-order valence-corrected chi connectivity index (χ3v) is 4.91. The summed E-state index contributed by atoms with van der Waals surface area (Å²) in [5.74, 6) is 1.47. The Morgan fingerprint density at radius 1 is 1.20 bits per heavy atom. The molecular formula is C17H34N2O. The van der Waals surface area contributed by atoms with Crippen LogP contribution in [0.2, 0.25) is 0 Å². The lowest BCUT2D eigenvalue weighted by atomic mass is 9.72. The Kier molecular flexibility index (Phi) is 7.01. The Hall–Kier alpha value is -0.570. The highest BCUT2D eigenvalue weighted by Crippen LogP contribution is 2.34. The Balaban J connectivity index is 2.68. The molecule has 1 amide bonds. The molecule has 0 aromatic carbocycles. The van der Waals surface area contributed by atoms with Crippen molar-refractivity contribution in [3.63, 3.8) is 0 Å². The third-order valence-electron chi connectivity index (χ3n) is 4.91. The highest BCUT2D eigenvalue weighted by Gasteiger charge is 2.37. The fourth-order valence-electron chi connectivity index (χ4n) is 3.40. The smallest absolute Gasteiger partial charge is 0.226 e. The molecule has 3 nitrogen and oxygen atoms in total. The molecule has 118 valence electrons. The lowest BCUT2D eigenvalue weighted by molar-refractivity contribution is -0.140. The zero-order valence-electron chi connectivity index (χ0n) is 14.1. The fourth-order valence-corrected chi connectivity index (χ4v) is 3.40. The number of carbonyl (C=O) groups is 1. The number of rotatable bonds is 6. The average Bonchev–Trinajstić information content (AvgIpc) is 2.38. The maximum atomic E-state index is 12.9. The number of carbonyl (C=O) groups excluding carboxylic acids is 1. The molecule has 4 unspecified atom stereocenters. The molecule has 0 heterocycles. The van der Waals surface area contributed by atoms with E-state index in [0.717, 1.165) is 25.8 Å². The first-order valence-electron chi connectivity index (χ1n) is 8.44. The van der Waals surface area contributed by atoms with Crippen LogP contribution in [0.25, 0.3) is 0 Å². The van der Waals surface area contributed by atoms with Crippen LogP contribution in [0.1, 0.15) is 66.7 Å². The van der Waals surface area contributed by atoms with Crippen LogP contribution in [0.5, 0.6) is 0 Å². The number of nitrogens with two attached hydrogens (primary N) is 1. The van der Waals surface area contributed by atoms with Crippen LogP contribution in [0.4, 0.5) is 0 Å². The molecule has 1 fully saturated rings. The van der Waals surface area contributed by atoms with Gasteiger partial charge in [0.15, 0.2) is 0 Å². The van der Waals surface area contributed by atoms with Crippen molar-refractivity contribution in [1.82, 2.24) is 4.90 Å². The normalized spacial score (nSPS) is 30.6. The molecule has 2 N–H and O–H groups in total. The van der Waals surface area contributed by atoms with Crippen LogP contribution in [0.15, 0.2) is 0 Å². The summed E-state index contributed by atoms with van der Waals surface area (Å²) in [6, 6.07) is 0.479. The van der Waals surface area contributed by atoms with Gasteiger partial charge in [-0.15, -0.1) is 0 Å². The number of hydrogen-bond donors (Lipinski definition) is 1. The summed E-state index contributed by atoms with van der Waals surface area (Å²) in [5.41, 5.74) is 6.20. The standard InChI is InChI=1S/C17H34N2O/c1-6-7-8-9-19(12(2)3)17(20)15-11-16(18)14(5)10-13(15)4/h12-16H,6-11,18H2,1-5H3. The van der Waals surface area contributed by atoms with E-state index in [-0.39, 0.29) is 12.0 Å². The van der Waals surface area contributed by atoms with E-state index in [1.165, 1.54) is 12.8 Å². The zero-order chi connectivity index (χ0) is 15.3. The van der Waals surface area contributed by atoms with Crippen molar-refractivity contribution in [3.8, 4) is 0 Å². The molecule has 1 aliphatic carbocycles. The Morgan fingerprint density at radius 2 is 1.85 bits per heavy atom. The van der Waals surface area contributed by atoms with Crippen LogP contribution in [0.3, 0.4) is 0 Å². The van der Waals surface area contributed by atoms with Crippen molar-refractivity contribution in [2.45, 2.75) is 78.8 Å². The van der Waals surface area contributed by atoms with Gasteiger partial charge in [-0.05, 0) is 44.9 Å². The van der Waals surface area contributed by atoms with Crippen LogP contribution in [0, 0.1) is 17.8 Å². The predicted octanol–water partition coefficient (Wildman–Crippen LogP) is 3.42. The third kappa shape index (κ3) is 4.47. The van der Waals surface area contributed by atoms with E-state index in [1.807, 2.05) is 0 Å². The maximum absolute atomic E-state index is 12.9. The van der Waals surface area contributed by atoms with Crippen LogP contribution in [-0.4, -0.2) is 29.4 Å². The lowest BCUT2D eigenvalue weighted by Crippen LogP contribution is -2.48. The quantitative estimate of drug-likeness (QED) is 0.759. The Labute approximate surface area is 125 Å². The van der Waals surface area contributed by atoms with Crippen molar-refractivity contribution in [2.24, 2.45) is 23.5 Å². The van der Waals surface area contributed by atoms with Gasteiger partial charge in [-0.25, -0.2) is 0 Å². The fraction of sp³-hybridized carbons (Fsp3) is 0.941. The van der Waals surface area contributed by atoms with Gasteiger partial charge in [0.05, 0.1) is 0 Å². The van der Waals surface area contributed by atoms with Crippen LogP contribution in [-0.2, 0) is 4.79 Å². The second-order valence-electron chi connectivity index (χ2n) is 7.03. The summed E-state index contributed by atoms with van der Waals surface area (Å²) in [6.45, 7) is 11.8.